The minimum atomic E-state index is 0.327. The van der Waals surface area contributed by atoms with Crippen LogP contribution in [0.15, 0.2) is 36.0 Å². The molecule has 3 aliphatic rings. The number of allylic oxidation sites excluding steroid dienone is 1. The van der Waals surface area contributed by atoms with Gasteiger partial charge in [0.2, 0.25) is 5.91 Å². The second-order valence-electron chi connectivity index (χ2n) is 6.42. The Morgan fingerprint density at radius 3 is 2.70 bits per heavy atom. The third-order valence-electron chi connectivity index (χ3n) is 5.34. The Labute approximate surface area is 120 Å². The van der Waals surface area contributed by atoms with Crippen LogP contribution in [0.4, 0.5) is 0 Å². The highest BCUT2D eigenvalue weighted by Crippen LogP contribution is 2.48. The Kier molecular flexibility index (Phi) is 2.90. The molecule has 1 aliphatic carbocycles. The van der Waals surface area contributed by atoms with Crippen LogP contribution in [0.5, 0.6) is 0 Å². The standard InChI is InChI=1S/C18H21NO/c20-18-16-9-5-4-8-15(16)17-11-10-14(19(17)18)12-13-6-2-1-3-7-13/h1-3,6-7,12,15-17H,4-5,8-11H2/b14-12-/t15-,16+,17+/m1/s1. The number of hydrogen-bond donors (Lipinski definition) is 0. The third-order valence-corrected chi connectivity index (χ3v) is 5.34. The summed E-state index contributed by atoms with van der Waals surface area (Å²) in [5.74, 6) is 1.38. The number of nitrogens with zero attached hydrogens (tertiary/aromatic N) is 1. The third kappa shape index (κ3) is 1.81. The summed E-state index contributed by atoms with van der Waals surface area (Å²) in [5, 5.41) is 0. The van der Waals surface area contributed by atoms with Crippen LogP contribution in [0, 0.1) is 11.8 Å². The molecule has 2 heteroatoms. The summed E-state index contributed by atoms with van der Waals surface area (Å²) in [4.78, 5) is 14.9. The second-order valence-corrected chi connectivity index (χ2v) is 6.42. The molecule has 1 saturated carbocycles. The molecular formula is C18H21NO. The summed E-state index contributed by atoms with van der Waals surface area (Å²) in [5.41, 5.74) is 2.46. The molecule has 3 fully saturated rings. The number of amides is 1. The minimum absolute atomic E-state index is 0.327. The summed E-state index contributed by atoms with van der Waals surface area (Å²) < 4.78 is 0. The highest BCUT2D eigenvalue weighted by atomic mass is 16.2. The van der Waals surface area contributed by atoms with Crippen LogP contribution in [0.1, 0.15) is 44.1 Å². The fourth-order valence-electron chi connectivity index (χ4n) is 4.46. The number of carbonyl (C=O) groups excluding carboxylic acids is 1. The van der Waals surface area contributed by atoms with Crippen molar-refractivity contribution < 1.29 is 4.79 Å². The predicted molar refractivity (Wildman–Crippen MR) is 79.7 cm³/mol. The molecule has 2 nitrogen and oxygen atoms in total. The van der Waals surface area contributed by atoms with Gasteiger partial charge >= 0.3 is 0 Å². The Morgan fingerprint density at radius 1 is 1.05 bits per heavy atom. The van der Waals surface area contributed by atoms with Gasteiger partial charge in [-0.25, -0.2) is 0 Å². The van der Waals surface area contributed by atoms with Crippen LogP contribution >= 0.6 is 0 Å². The van der Waals surface area contributed by atoms with E-state index in [1.165, 1.54) is 36.9 Å². The molecule has 20 heavy (non-hydrogen) atoms. The first-order valence-corrected chi connectivity index (χ1v) is 7.93. The molecular weight excluding hydrogens is 246 g/mol. The summed E-state index contributed by atoms with van der Waals surface area (Å²) >= 11 is 0. The van der Waals surface area contributed by atoms with Crippen molar-refractivity contribution >= 4 is 12.0 Å². The summed E-state index contributed by atoms with van der Waals surface area (Å²) in [6.45, 7) is 0. The fraction of sp³-hybridized carbons (Fsp3) is 0.500. The van der Waals surface area contributed by atoms with Crippen LogP contribution in [0.2, 0.25) is 0 Å². The van der Waals surface area contributed by atoms with Crippen molar-refractivity contribution in [2.75, 3.05) is 0 Å². The Hall–Kier alpha value is -1.57. The molecule has 0 spiro atoms. The summed E-state index contributed by atoms with van der Waals surface area (Å²) in [6.07, 6.45) is 9.39. The quantitative estimate of drug-likeness (QED) is 0.757. The van der Waals surface area contributed by atoms with Crippen molar-refractivity contribution in [2.24, 2.45) is 11.8 Å². The van der Waals surface area contributed by atoms with E-state index in [4.69, 9.17) is 0 Å². The molecule has 0 unspecified atom stereocenters. The van der Waals surface area contributed by atoms with E-state index in [0.717, 1.165) is 12.8 Å². The lowest BCUT2D eigenvalue weighted by molar-refractivity contribution is -0.130. The van der Waals surface area contributed by atoms with Gasteiger partial charge in [0, 0.05) is 17.7 Å². The van der Waals surface area contributed by atoms with Gasteiger partial charge in [0.25, 0.3) is 0 Å². The Morgan fingerprint density at radius 2 is 1.85 bits per heavy atom. The first kappa shape index (κ1) is 12.2. The predicted octanol–water partition coefficient (Wildman–Crippen LogP) is 3.84. The maximum absolute atomic E-state index is 12.7. The average molecular weight is 267 g/mol. The van der Waals surface area contributed by atoms with Gasteiger partial charge < -0.3 is 4.90 Å². The van der Waals surface area contributed by atoms with Crippen molar-refractivity contribution in [3.63, 3.8) is 0 Å². The molecule has 1 aromatic carbocycles. The maximum atomic E-state index is 12.7. The molecule has 1 aromatic rings. The lowest BCUT2D eigenvalue weighted by atomic mass is 9.77. The largest absolute Gasteiger partial charge is 0.313 e. The van der Waals surface area contributed by atoms with Gasteiger partial charge in [-0.2, -0.15) is 0 Å². The molecule has 1 amide bonds. The van der Waals surface area contributed by atoms with Gasteiger partial charge in [0.05, 0.1) is 0 Å². The summed E-state index contributed by atoms with van der Waals surface area (Å²) in [7, 11) is 0. The fourth-order valence-corrected chi connectivity index (χ4v) is 4.46. The number of benzene rings is 1. The van der Waals surface area contributed by atoms with Gasteiger partial charge in [0.1, 0.15) is 0 Å². The van der Waals surface area contributed by atoms with Gasteiger partial charge in [-0.05, 0) is 43.2 Å². The summed E-state index contributed by atoms with van der Waals surface area (Å²) in [6, 6.07) is 10.9. The number of rotatable bonds is 1. The molecule has 2 saturated heterocycles. The molecule has 0 N–H and O–H groups in total. The van der Waals surface area contributed by atoms with E-state index in [2.05, 4.69) is 35.2 Å². The first-order valence-electron chi connectivity index (χ1n) is 7.93. The van der Waals surface area contributed by atoms with Crippen molar-refractivity contribution in [2.45, 2.75) is 44.6 Å². The Balaban J connectivity index is 1.65. The zero-order valence-electron chi connectivity index (χ0n) is 11.8. The van der Waals surface area contributed by atoms with Gasteiger partial charge in [-0.15, -0.1) is 0 Å². The van der Waals surface area contributed by atoms with E-state index in [1.807, 2.05) is 6.07 Å². The first-order chi connectivity index (χ1) is 9.84. The average Bonchev–Trinajstić information content (AvgIpc) is 3.02. The van der Waals surface area contributed by atoms with Crippen molar-refractivity contribution in [1.82, 2.24) is 4.90 Å². The smallest absolute Gasteiger partial charge is 0.230 e. The normalized spacial score (nSPS) is 34.4. The van der Waals surface area contributed by atoms with E-state index < -0.39 is 0 Å². The lowest BCUT2D eigenvalue weighted by Gasteiger charge is -2.25. The van der Waals surface area contributed by atoms with Gasteiger partial charge in [-0.3, -0.25) is 4.79 Å². The highest BCUT2D eigenvalue weighted by molar-refractivity contribution is 5.85. The zero-order valence-corrected chi connectivity index (χ0v) is 11.8. The van der Waals surface area contributed by atoms with E-state index >= 15 is 0 Å². The van der Waals surface area contributed by atoms with E-state index in [0.29, 0.717) is 23.8 Å². The van der Waals surface area contributed by atoms with Gasteiger partial charge in [-0.1, -0.05) is 43.2 Å². The van der Waals surface area contributed by atoms with E-state index in [-0.39, 0.29) is 0 Å². The zero-order chi connectivity index (χ0) is 13.5. The number of fused-ring (bicyclic) bond motifs is 3. The molecule has 0 bridgehead atoms. The molecule has 104 valence electrons. The van der Waals surface area contributed by atoms with Crippen LogP contribution in [0.25, 0.3) is 6.08 Å². The monoisotopic (exact) mass is 267 g/mol. The maximum Gasteiger partial charge on any atom is 0.230 e. The lowest BCUT2D eigenvalue weighted by Crippen LogP contribution is -2.27. The SMILES string of the molecule is O=C1[C@H]2CCCC[C@H]2[C@@H]2CC/C(=C/c3ccccc3)N12. The minimum Gasteiger partial charge on any atom is -0.313 e. The van der Waals surface area contributed by atoms with E-state index in [9.17, 15) is 4.79 Å². The van der Waals surface area contributed by atoms with Crippen LogP contribution in [0.3, 0.4) is 0 Å². The molecule has 4 rings (SSSR count). The van der Waals surface area contributed by atoms with Crippen LogP contribution in [-0.4, -0.2) is 16.8 Å². The van der Waals surface area contributed by atoms with Crippen LogP contribution in [-0.2, 0) is 4.79 Å². The molecule has 0 aromatic heterocycles. The molecule has 2 aliphatic heterocycles. The number of hydrogen-bond acceptors (Lipinski definition) is 1. The second kappa shape index (κ2) is 4.76. The topological polar surface area (TPSA) is 20.3 Å². The van der Waals surface area contributed by atoms with Crippen molar-refractivity contribution in [3.8, 4) is 0 Å². The van der Waals surface area contributed by atoms with Crippen molar-refractivity contribution in [3.05, 3.63) is 41.6 Å². The molecule has 3 atom stereocenters. The highest BCUT2D eigenvalue weighted by Gasteiger charge is 2.51. The van der Waals surface area contributed by atoms with E-state index in [1.54, 1.807) is 0 Å². The van der Waals surface area contributed by atoms with Crippen molar-refractivity contribution in [1.29, 1.82) is 0 Å². The van der Waals surface area contributed by atoms with Gasteiger partial charge in [0.15, 0.2) is 0 Å². The molecule has 0 radical (unpaired) electrons. The Bertz CT molecular complexity index is 548. The van der Waals surface area contributed by atoms with Crippen LogP contribution < -0.4 is 0 Å². The number of carbonyl (C=O) groups is 1. The molecule has 2 heterocycles.